The van der Waals surface area contributed by atoms with Crippen LogP contribution in [0.3, 0.4) is 0 Å². The van der Waals surface area contributed by atoms with E-state index in [-0.39, 0.29) is 16.1 Å². The fourth-order valence-electron chi connectivity index (χ4n) is 3.51. The molecule has 0 unspecified atom stereocenters. The highest BCUT2D eigenvalue weighted by Gasteiger charge is 2.63. The lowest BCUT2D eigenvalue weighted by Crippen LogP contribution is -2.63. The van der Waals surface area contributed by atoms with Gasteiger partial charge in [0.05, 0.1) is 11.1 Å². The topological polar surface area (TPSA) is 84.0 Å². The molecule has 2 fully saturated rings. The highest BCUT2D eigenvalue weighted by molar-refractivity contribution is 9.10. The van der Waals surface area contributed by atoms with Gasteiger partial charge in [-0.2, -0.15) is 0 Å². The fourth-order valence-corrected chi connectivity index (χ4v) is 5.86. The highest BCUT2D eigenvalue weighted by Crippen LogP contribution is 2.52. The Bertz CT molecular complexity index is 822. The van der Waals surface area contributed by atoms with Gasteiger partial charge in [0.1, 0.15) is 16.2 Å². The zero-order valence-electron chi connectivity index (χ0n) is 14.0. The van der Waals surface area contributed by atoms with Crippen LogP contribution in [-0.2, 0) is 14.3 Å². The molecule has 0 bridgehead atoms. The predicted octanol–water partition coefficient (Wildman–Crippen LogP) is 1.61. The summed E-state index contributed by atoms with van der Waals surface area (Å²) in [6.45, 7) is 3.28. The molecule has 2 saturated heterocycles. The molecule has 0 aliphatic carbocycles. The zero-order valence-corrected chi connectivity index (χ0v) is 16.4. The number of fused-ring (bicyclic) bond motifs is 2. The normalized spacial score (nSPS) is 28.7. The molecule has 0 aromatic heterocycles. The van der Waals surface area contributed by atoms with Crippen LogP contribution in [0.25, 0.3) is 0 Å². The molecule has 26 heavy (non-hydrogen) atoms. The van der Waals surface area contributed by atoms with Gasteiger partial charge in [-0.05, 0) is 26.0 Å². The smallest absolute Gasteiger partial charge is 0.332 e. The number of alkyl halides is 1. The van der Waals surface area contributed by atoms with Crippen LogP contribution in [0.15, 0.2) is 24.3 Å². The van der Waals surface area contributed by atoms with Crippen LogP contribution in [0.5, 0.6) is 0 Å². The van der Waals surface area contributed by atoms with Crippen LogP contribution in [0.4, 0.5) is 0 Å². The maximum absolute atomic E-state index is 12.7. The summed E-state index contributed by atoms with van der Waals surface area (Å²) >= 11 is 4.85. The maximum Gasteiger partial charge on any atom is 0.332 e. The quantitative estimate of drug-likeness (QED) is 0.308. The van der Waals surface area contributed by atoms with Crippen molar-refractivity contribution in [1.82, 2.24) is 9.80 Å². The van der Waals surface area contributed by atoms with Crippen molar-refractivity contribution in [1.29, 1.82) is 0 Å². The molecule has 0 spiro atoms. The number of thioether (sulfide) groups is 1. The molecule has 0 radical (unpaired) electrons. The summed E-state index contributed by atoms with van der Waals surface area (Å²) in [5.74, 6) is -1.75. The van der Waals surface area contributed by atoms with Gasteiger partial charge in [-0.15, -0.1) is 11.8 Å². The number of benzene rings is 1. The molecule has 1 aromatic rings. The van der Waals surface area contributed by atoms with E-state index in [9.17, 15) is 19.2 Å². The standard InChI is InChI=1S/C17H15BrN2O5S/c1-17(2)11(20-14(23)10(18)15(20)26-17)16(24)25-7-19-12(21)8-5-3-4-6-9(8)13(19)22/h3-6,10-11,15H,7H2,1-2H3/t10-,11-,15+/m0/s1. The summed E-state index contributed by atoms with van der Waals surface area (Å²) in [5, 5.41) is -0.116. The van der Waals surface area contributed by atoms with Gasteiger partial charge in [0.2, 0.25) is 5.91 Å². The van der Waals surface area contributed by atoms with Crippen LogP contribution < -0.4 is 0 Å². The molecular formula is C17H15BrN2O5S. The SMILES string of the molecule is CC1(C)S[C@@H]2[C@@H](Br)C(=O)N2[C@H]1C(=O)OCN1C(=O)c2ccccc2C1=O. The van der Waals surface area contributed by atoms with E-state index in [0.29, 0.717) is 11.1 Å². The number of halogens is 1. The van der Waals surface area contributed by atoms with E-state index in [2.05, 4.69) is 15.9 Å². The number of carbonyl (C=O) groups is 4. The number of hydrogen-bond acceptors (Lipinski definition) is 6. The van der Waals surface area contributed by atoms with Crippen molar-refractivity contribution in [3.8, 4) is 0 Å². The highest BCUT2D eigenvalue weighted by atomic mass is 79.9. The number of nitrogens with zero attached hydrogens (tertiary/aromatic N) is 2. The molecule has 9 heteroatoms. The molecule has 3 amide bonds. The summed E-state index contributed by atoms with van der Waals surface area (Å²) < 4.78 is 4.75. The Morgan fingerprint density at radius 1 is 1.19 bits per heavy atom. The lowest BCUT2D eigenvalue weighted by atomic mass is 9.98. The first-order chi connectivity index (χ1) is 12.2. The van der Waals surface area contributed by atoms with Gasteiger partial charge in [0.15, 0.2) is 6.73 Å². The van der Waals surface area contributed by atoms with Crippen LogP contribution in [0.1, 0.15) is 34.6 Å². The second-order valence-corrected chi connectivity index (χ2v) is 9.60. The number of β-lactam (4-membered cyclic amide) rings is 1. The largest absolute Gasteiger partial charge is 0.442 e. The summed E-state index contributed by atoms with van der Waals surface area (Å²) in [5.41, 5.74) is 0.593. The van der Waals surface area contributed by atoms with Gasteiger partial charge in [-0.3, -0.25) is 14.4 Å². The van der Waals surface area contributed by atoms with E-state index < -0.39 is 35.3 Å². The molecule has 0 N–H and O–H groups in total. The van der Waals surface area contributed by atoms with Crippen molar-refractivity contribution in [2.75, 3.05) is 6.73 Å². The molecule has 3 heterocycles. The Morgan fingerprint density at radius 2 is 1.77 bits per heavy atom. The van der Waals surface area contributed by atoms with E-state index in [1.807, 2.05) is 13.8 Å². The van der Waals surface area contributed by atoms with Crippen LogP contribution in [0, 0.1) is 0 Å². The second-order valence-electron chi connectivity index (χ2n) is 6.84. The van der Waals surface area contributed by atoms with Gasteiger partial charge in [0, 0.05) is 4.75 Å². The van der Waals surface area contributed by atoms with Crippen molar-refractivity contribution in [3.05, 3.63) is 35.4 Å². The molecule has 3 aliphatic rings. The minimum Gasteiger partial charge on any atom is -0.442 e. The third-order valence-electron chi connectivity index (χ3n) is 4.81. The van der Waals surface area contributed by atoms with Crippen LogP contribution >= 0.6 is 27.7 Å². The van der Waals surface area contributed by atoms with Crippen molar-refractivity contribution in [2.45, 2.75) is 34.8 Å². The fraction of sp³-hybridized carbons (Fsp3) is 0.412. The molecular weight excluding hydrogens is 424 g/mol. The van der Waals surface area contributed by atoms with Crippen molar-refractivity contribution < 1.29 is 23.9 Å². The number of amides is 3. The molecule has 7 nitrogen and oxygen atoms in total. The Morgan fingerprint density at radius 3 is 2.35 bits per heavy atom. The van der Waals surface area contributed by atoms with Gasteiger partial charge in [-0.25, -0.2) is 9.69 Å². The number of carbonyl (C=O) groups excluding carboxylic acids is 4. The Kier molecular flexibility index (Phi) is 3.92. The van der Waals surface area contributed by atoms with Crippen molar-refractivity contribution in [2.24, 2.45) is 0 Å². The predicted molar refractivity (Wildman–Crippen MR) is 96.7 cm³/mol. The summed E-state index contributed by atoms with van der Waals surface area (Å²) in [6.07, 6.45) is 0. The minimum atomic E-state index is -0.756. The molecule has 3 atom stereocenters. The Balaban J connectivity index is 1.48. The average Bonchev–Trinajstić information content (AvgIpc) is 3.02. The van der Waals surface area contributed by atoms with Crippen molar-refractivity contribution in [3.63, 3.8) is 0 Å². The first-order valence-corrected chi connectivity index (χ1v) is 9.79. The number of esters is 1. The summed E-state index contributed by atoms with van der Waals surface area (Å²) in [4.78, 5) is 51.5. The van der Waals surface area contributed by atoms with Gasteiger partial charge in [-0.1, -0.05) is 28.1 Å². The Hall–Kier alpha value is -1.87. The molecule has 1 aromatic carbocycles. The van der Waals surface area contributed by atoms with E-state index in [1.54, 1.807) is 24.3 Å². The third-order valence-corrected chi connectivity index (χ3v) is 7.63. The maximum atomic E-state index is 12.7. The Labute approximate surface area is 162 Å². The first-order valence-electron chi connectivity index (χ1n) is 8.00. The number of ether oxygens (including phenoxy) is 1. The third kappa shape index (κ3) is 2.33. The molecule has 0 saturated carbocycles. The van der Waals surface area contributed by atoms with Crippen molar-refractivity contribution >= 4 is 51.4 Å². The van der Waals surface area contributed by atoms with E-state index >= 15 is 0 Å². The molecule has 136 valence electrons. The van der Waals surface area contributed by atoms with Gasteiger partial charge >= 0.3 is 5.97 Å². The second kappa shape index (κ2) is 5.82. The number of imide groups is 1. The summed E-state index contributed by atoms with van der Waals surface area (Å²) in [6, 6.07) is 5.71. The van der Waals surface area contributed by atoms with E-state index in [0.717, 1.165) is 4.90 Å². The van der Waals surface area contributed by atoms with Gasteiger partial charge in [0.25, 0.3) is 11.8 Å². The first kappa shape index (κ1) is 17.5. The van der Waals surface area contributed by atoms with Crippen LogP contribution in [0.2, 0.25) is 0 Å². The monoisotopic (exact) mass is 438 g/mol. The lowest BCUT2D eigenvalue weighted by Gasteiger charge is -2.41. The minimum absolute atomic E-state index is 0.116. The zero-order chi connectivity index (χ0) is 18.8. The van der Waals surface area contributed by atoms with E-state index in [1.165, 1.54) is 16.7 Å². The molecule has 3 aliphatic heterocycles. The van der Waals surface area contributed by atoms with Gasteiger partial charge < -0.3 is 9.64 Å². The molecule has 4 rings (SSSR count). The van der Waals surface area contributed by atoms with E-state index in [4.69, 9.17) is 4.74 Å². The number of hydrogen-bond donors (Lipinski definition) is 0. The lowest BCUT2D eigenvalue weighted by molar-refractivity contribution is -0.162. The summed E-state index contributed by atoms with van der Waals surface area (Å²) in [7, 11) is 0. The number of rotatable bonds is 3. The van der Waals surface area contributed by atoms with Crippen LogP contribution in [-0.4, -0.2) is 61.2 Å². The average molecular weight is 439 g/mol.